The van der Waals surface area contributed by atoms with Gasteiger partial charge in [0.25, 0.3) is 0 Å². The van der Waals surface area contributed by atoms with E-state index in [1.165, 1.54) is 12.8 Å². The summed E-state index contributed by atoms with van der Waals surface area (Å²) in [5.74, 6) is 0. The maximum atomic E-state index is 11.9. The standard InChI is InChI=1S/C15H29N3O2/c1-15(2,3)20-14(19)17-13-7-5-6-12(13)16-11-8-9-18(4)10-11/h11-13,16H,5-10H2,1-4H3,(H,17,19). The van der Waals surface area contributed by atoms with Gasteiger partial charge in [0.2, 0.25) is 0 Å². The molecule has 3 unspecified atom stereocenters. The number of likely N-dealkylation sites (N-methyl/N-ethyl adjacent to an activating group) is 1. The van der Waals surface area contributed by atoms with Crippen molar-refractivity contribution in [3.8, 4) is 0 Å². The molecule has 1 amide bonds. The van der Waals surface area contributed by atoms with Gasteiger partial charge in [-0.2, -0.15) is 0 Å². The number of alkyl carbamates (subject to hydrolysis) is 1. The maximum Gasteiger partial charge on any atom is 0.407 e. The van der Waals surface area contributed by atoms with Crippen LogP contribution in [0.1, 0.15) is 46.5 Å². The van der Waals surface area contributed by atoms with Crippen molar-refractivity contribution in [2.24, 2.45) is 0 Å². The number of nitrogens with one attached hydrogen (secondary N) is 2. The highest BCUT2D eigenvalue weighted by Gasteiger charge is 2.32. The fourth-order valence-corrected chi connectivity index (χ4v) is 3.17. The Hall–Kier alpha value is -0.810. The SMILES string of the molecule is CN1CCC(NC2CCCC2NC(=O)OC(C)(C)C)C1. The van der Waals surface area contributed by atoms with Crippen LogP contribution in [0.2, 0.25) is 0 Å². The van der Waals surface area contributed by atoms with Crippen molar-refractivity contribution < 1.29 is 9.53 Å². The minimum Gasteiger partial charge on any atom is -0.444 e. The van der Waals surface area contributed by atoms with Gasteiger partial charge >= 0.3 is 6.09 Å². The number of nitrogens with zero attached hydrogens (tertiary/aromatic N) is 1. The molecule has 0 aromatic rings. The average molecular weight is 283 g/mol. The Labute approximate surface area is 122 Å². The number of rotatable bonds is 3. The van der Waals surface area contributed by atoms with E-state index in [0.717, 1.165) is 25.9 Å². The van der Waals surface area contributed by atoms with E-state index >= 15 is 0 Å². The first-order chi connectivity index (χ1) is 9.33. The highest BCUT2D eigenvalue weighted by atomic mass is 16.6. The van der Waals surface area contributed by atoms with Gasteiger partial charge in [0.1, 0.15) is 5.60 Å². The molecule has 1 saturated heterocycles. The number of hydrogen-bond donors (Lipinski definition) is 2. The van der Waals surface area contributed by atoms with Crippen LogP contribution in [-0.4, -0.2) is 54.9 Å². The zero-order valence-electron chi connectivity index (χ0n) is 13.2. The lowest BCUT2D eigenvalue weighted by Crippen LogP contribution is -2.51. The fourth-order valence-electron chi connectivity index (χ4n) is 3.17. The van der Waals surface area contributed by atoms with Gasteiger partial charge in [-0.05, 0) is 60.0 Å². The molecule has 116 valence electrons. The van der Waals surface area contributed by atoms with Crippen molar-refractivity contribution in [1.82, 2.24) is 15.5 Å². The Bertz CT molecular complexity index is 341. The van der Waals surface area contributed by atoms with Gasteiger partial charge in [0.05, 0.1) is 0 Å². The zero-order chi connectivity index (χ0) is 14.8. The second-order valence-corrected chi connectivity index (χ2v) is 7.20. The molecule has 0 spiro atoms. The summed E-state index contributed by atoms with van der Waals surface area (Å²) in [7, 11) is 2.16. The molecule has 20 heavy (non-hydrogen) atoms. The molecular weight excluding hydrogens is 254 g/mol. The van der Waals surface area contributed by atoms with Gasteiger partial charge in [-0.15, -0.1) is 0 Å². The Balaban J connectivity index is 1.80. The molecule has 2 N–H and O–H groups in total. The van der Waals surface area contributed by atoms with Crippen LogP contribution >= 0.6 is 0 Å². The molecule has 2 fully saturated rings. The summed E-state index contributed by atoms with van der Waals surface area (Å²) >= 11 is 0. The van der Waals surface area contributed by atoms with Crippen LogP contribution in [0.15, 0.2) is 0 Å². The third-order valence-electron chi connectivity index (χ3n) is 4.06. The molecule has 2 rings (SSSR count). The number of carbonyl (C=O) groups excluding carboxylic acids is 1. The van der Waals surface area contributed by atoms with E-state index in [-0.39, 0.29) is 12.1 Å². The second kappa shape index (κ2) is 6.31. The minimum absolute atomic E-state index is 0.204. The van der Waals surface area contributed by atoms with Crippen LogP contribution < -0.4 is 10.6 Å². The summed E-state index contributed by atoms with van der Waals surface area (Å²) in [4.78, 5) is 14.2. The van der Waals surface area contributed by atoms with Crippen LogP contribution in [-0.2, 0) is 4.74 Å². The van der Waals surface area contributed by atoms with E-state index in [1.54, 1.807) is 0 Å². The number of likely N-dealkylation sites (tertiary alicyclic amines) is 1. The third-order valence-corrected chi connectivity index (χ3v) is 4.06. The van der Waals surface area contributed by atoms with Gasteiger partial charge in [0, 0.05) is 24.7 Å². The van der Waals surface area contributed by atoms with Crippen molar-refractivity contribution in [2.75, 3.05) is 20.1 Å². The maximum absolute atomic E-state index is 11.9. The van der Waals surface area contributed by atoms with Crippen molar-refractivity contribution in [3.63, 3.8) is 0 Å². The van der Waals surface area contributed by atoms with Crippen molar-refractivity contribution >= 4 is 6.09 Å². The summed E-state index contributed by atoms with van der Waals surface area (Å²) in [5.41, 5.74) is -0.431. The van der Waals surface area contributed by atoms with E-state index in [0.29, 0.717) is 12.1 Å². The summed E-state index contributed by atoms with van der Waals surface area (Å²) in [6.07, 6.45) is 4.26. The Morgan fingerprint density at radius 1 is 1.20 bits per heavy atom. The van der Waals surface area contributed by atoms with E-state index in [1.807, 2.05) is 20.8 Å². The second-order valence-electron chi connectivity index (χ2n) is 7.20. The van der Waals surface area contributed by atoms with E-state index in [4.69, 9.17) is 4.74 Å². The molecule has 1 aliphatic heterocycles. The lowest BCUT2D eigenvalue weighted by atomic mass is 10.1. The highest BCUT2D eigenvalue weighted by Crippen LogP contribution is 2.21. The number of ether oxygens (including phenoxy) is 1. The molecule has 5 heteroatoms. The molecule has 0 bridgehead atoms. The molecule has 5 nitrogen and oxygen atoms in total. The lowest BCUT2D eigenvalue weighted by Gasteiger charge is -2.27. The quantitative estimate of drug-likeness (QED) is 0.828. The van der Waals surface area contributed by atoms with Gasteiger partial charge in [-0.3, -0.25) is 0 Å². The predicted octanol–water partition coefficient (Wildman–Crippen LogP) is 1.73. The van der Waals surface area contributed by atoms with Crippen molar-refractivity contribution in [1.29, 1.82) is 0 Å². The van der Waals surface area contributed by atoms with Gasteiger partial charge in [-0.1, -0.05) is 0 Å². The first-order valence-corrected chi connectivity index (χ1v) is 7.77. The van der Waals surface area contributed by atoms with Crippen molar-refractivity contribution in [2.45, 2.75) is 70.2 Å². The summed E-state index contributed by atoms with van der Waals surface area (Å²) in [6, 6.07) is 1.15. The van der Waals surface area contributed by atoms with Crippen LogP contribution in [0.5, 0.6) is 0 Å². The summed E-state index contributed by atoms with van der Waals surface area (Å²) in [6.45, 7) is 7.95. The largest absolute Gasteiger partial charge is 0.444 e. The lowest BCUT2D eigenvalue weighted by molar-refractivity contribution is 0.0497. The third kappa shape index (κ3) is 4.63. The topological polar surface area (TPSA) is 53.6 Å². The smallest absolute Gasteiger partial charge is 0.407 e. The molecule has 3 atom stereocenters. The zero-order valence-corrected chi connectivity index (χ0v) is 13.2. The Morgan fingerprint density at radius 3 is 2.50 bits per heavy atom. The molecule has 0 aromatic carbocycles. The van der Waals surface area contributed by atoms with Crippen LogP contribution in [0.25, 0.3) is 0 Å². The molecule has 1 saturated carbocycles. The normalized spacial score (nSPS) is 31.5. The number of carbonyl (C=O) groups is 1. The van der Waals surface area contributed by atoms with Gasteiger partial charge in [-0.25, -0.2) is 4.79 Å². The fraction of sp³-hybridized carbons (Fsp3) is 0.933. The average Bonchev–Trinajstić information content (AvgIpc) is 2.87. The van der Waals surface area contributed by atoms with Crippen LogP contribution in [0.4, 0.5) is 4.79 Å². The van der Waals surface area contributed by atoms with Gasteiger partial charge in [0.15, 0.2) is 0 Å². The van der Waals surface area contributed by atoms with E-state index < -0.39 is 5.60 Å². The molecular formula is C15H29N3O2. The number of amides is 1. The summed E-state index contributed by atoms with van der Waals surface area (Å²) < 4.78 is 5.35. The van der Waals surface area contributed by atoms with Crippen LogP contribution in [0.3, 0.4) is 0 Å². The first kappa shape index (κ1) is 15.6. The monoisotopic (exact) mass is 283 g/mol. The first-order valence-electron chi connectivity index (χ1n) is 7.77. The highest BCUT2D eigenvalue weighted by molar-refractivity contribution is 5.68. The van der Waals surface area contributed by atoms with Crippen LogP contribution in [0, 0.1) is 0 Å². The summed E-state index contributed by atoms with van der Waals surface area (Å²) in [5, 5.41) is 6.75. The Morgan fingerprint density at radius 2 is 1.90 bits per heavy atom. The van der Waals surface area contributed by atoms with E-state index in [2.05, 4.69) is 22.6 Å². The molecule has 1 heterocycles. The molecule has 0 radical (unpaired) electrons. The number of hydrogen-bond acceptors (Lipinski definition) is 4. The minimum atomic E-state index is -0.431. The molecule has 1 aliphatic carbocycles. The van der Waals surface area contributed by atoms with E-state index in [9.17, 15) is 4.79 Å². The molecule has 2 aliphatic rings. The Kier molecular flexibility index (Phi) is 4.91. The van der Waals surface area contributed by atoms with Gasteiger partial charge < -0.3 is 20.3 Å². The van der Waals surface area contributed by atoms with Crippen molar-refractivity contribution in [3.05, 3.63) is 0 Å². The predicted molar refractivity (Wildman–Crippen MR) is 79.8 cm³/mol. The molecule has 0 aromatic heterocycles.